The van der Waals surface area contributed by atoms with Crippen LogP contribution in [0.1, 0.15) is 95.1 Å². The molecule has 61 heavy (non-hydrogen) atoms. The summed E-state index contributed by atoms with van der Waals surface area (Å²) in [6.07, 6.45) is 2.38. The molecule has 0 unspecified atom stereocenters. The second-order valence-corrected chi connectivity index (χ2v) is 17.4. The Kier molecular flexibility index (Phi) is 17.7. The molecule has 0 spiro atoms. The van der Waals surface area contributed by atoms with Gasteiger partial charge < -0.3 is 43.7 Å². The third-order valence-corrected chi connectivity index (χ3v) is 9.81. The van der Waals surface area contributed by atoms with E-state index in [2.05, 4.69) is 17.3 Å². The first-order valence-corrected chi connectivity index (χ1v) is 21.2. The number of amides is 4. The normalized spacial score (nSPS) is 13.2. The van der Waals surface area contributed by atoms with Crippen LogP contribution in [0.4, 0.5) is 21.0 Å². The number of nitrogens with one attached hydrogen (secondary N) is 1. The predicted molar refractivity (Wildman–Crippen MR) is 238 cm³/mol. The van der Waals surface area contributed by atoms with Crippen molar-refractivity contribution in [3.63, 3.8) is 0 Å². The number of nitrogens with zero attached hydrogens (tertiary/aromatic N) is 4. The lowest BCUT2D eigenvalue weighted by molar-refractivity contribution is -0.132. The molecule has 14 nitrogen and oxygen atoms in total. The molecule has 0 saturated carbocycles. The smallest absolute Gasteiger partial charge is 0.415 e. The van der Waals surface area contributed by atoms with Crippen LogP contribution in [0.2, 0.25) is 0 Å². The molecule has 1 N–H and O–H groups in total. The Morgan fingerprint density at radius 2 is 1.41 bits per heavy atom. The van der Waals surface area contributed by atoms with Crippen molar-refractivity contribution in [3.8, 4) is 17.2 Å². The first-order chi connectivity index (χ1) is 28.8. The molecule has 4 amide bonds. The van der Waals surface area contributed by atoms with Gasteiger partial charge in [0.1, 0.15) is 28.5 Å². The van der Waals surface area contributed by atoms with E-state index in [0.717, 1.165) is 51.0 Å². The molecule has 0 radical (unpaired) electrons. The number of hydrogen-bond donors (Lipinski definition) is 1. The number of unbranched alkanes of at least 4 members (excludes halogenated alkanes) is 2. The summed E-state index contributed by atoms with van der Waals surface area (Å²) >= 11 is 0. The van der Waals surface area contributed by atoms with Gasteiger partial charge in [0, 0.05) is 57.3 Å². The van der Waals surface area contributed by atoms with Crippen LogP contribution in [0.3, 0.4) is 0 Å². The van der Waals surface area contributed by atoms with Crippen molar-refractivity contribution >= 4 is 35.4 Å². The standard InChI is InChI=1S/C47H67N5O9/c1-34-20-23-37(41(31-34)59-29-15-11-12-19-42(53)51-27-25-49(8)26-28-51)50(9)43(54)35-21-22-36(40(32-35)57-10)33-52(45(56)61-47(5,6)7)38-17-13-14-18-39(38)58-30-16-24-48-44(55)60-46(2,3)4/h13-14,17-18,20-23,31-32H,11-12,15-16,19,24-30,33H2,1-10H3,(H,48,55). The molecular weight excluding hydrogens is 779 g/mol. The second kappa shape index (κ2) is 22.4. The van der Waals surface area contributed by atoms with Crippen LogP contribution in [0.5, 0.6) is 17.2 Å². The average molecular weight is 846 g/mol. The zero-order chi connectivity index (χ0) is 44.7. The Morgan fingerprint density at radius 1 is 0.738 bits per heavy atom. The van der Waals surface area contributed by atoms with Gasteiger partial charge >= 0.3 is 12.2 Å². The van der Waals surface area contributed by atoms with Gasteiger partial charge in [-0.25, -0.2) is 9.59 Å². The fraction of sp³-hybridized carbons (Fsp3) is 0.532. The maximum Gasteiger partial charge on any atom is 0.415 e. The lowest BCUT2D eigenvalue weighted by Crippen LogP contribution is -2.47. The number of alkyl carbamates (subject to hydrolysis) is 1. The number of carbonyl (C=O) groups excluding carboxylic acids is 4. The minimum Gasteiger partial charge on any atom is -0.496 e. The summed E-state index contributed by atoms with van der Waals surface area (Å²) in [5, 5.41) is 2.73. The van der Waals surface area contributed by atoms with Crippen molar-refractivity contribution in [1.82, 2.24) is 15.1 Å². The summed E-state index contributed by atoms with van der Waals surface area (Å²) in [6, 6.07) is 18.0. The number of benzene rings is 3. The Hall–Kier alpha value is -5.50. The molecule has 4 rings (SSSR count). The van der Waals surface area contributed by atoms with Gasteiger partial charge in [0.15, 0.2) is 0 Å². The lowest BCUT2D eigenvalue weighted by Gasteiger charge is -2.32. The molecule has 3 aromatic carbocycles. The monoisotopic (exact) mass is 845 g/mol. The minimum atomic E-state index is -0.785. The van der Waals surface area contributed by atoms with E-state index in [1.54, 1.807) is 89.9 Å². The minimum absolute atomic E-state index is 0.0446. The molecule has 1 heterocycles. The van der Waals surface area contributed by atoms with Crippen LogP contribution in [-0.2, 0) is 20.8 Å². The molecule has 1 aliphatic heterocycles. The number of anilines is 2. The highest BCUT2D eigenvalue weighted by molar-refractivity contribution is 6.07. The van der Waals surface area contributed by atoms with Crippen LogP contribution in [-0.4, -0.2) is 112 Å². The summed E-state index contributed by atoms with van der Waals surface area (Å²) in [5.41, 5.74) is 1.73. The third kappa shape index (κ3) is 15.5. The molecule has 1 fully saturated rings. The van der Waals surface area contributed by atoms with Gasteiger partial charge in [0.2, 0.25) is 5.91 Å². The van der Waals surface area contributed by atoms with Crippen LogP contribution < -0.4 is 29.3 Å². The number of hydrogen-bond acceptors (Lipinski definition) is 10. The van der Waals surface area contributed by atoms with E-state index >= 15 is 0 Å². The first-order valence-electron chi connectivity index (χ1n) is 21.2. The summed E-state index contributed by atoms with van der Waals surface area (Å²) in [4.78, 5) is 59.8. The molecule has 0 bridgehead atoms. The van der Waals surface area contributed by atoms with Gasteiger partial charge in [-0.05, 0) is 123 Å². The van der Waals surface area contributed by atoms with Crippen molar-refractivity contribution in [2.24, 2.45) is 0 Å². The van der Waals surface area contributed by atoms with E-state index < -0.39 is 23.4 Å². The average Bonchev–Trinajstić information content (AvgIpc) is 3.19. The van der Waals surface area contributed by atoms with Crippen molar-refractivity contribution in [2.45, 2.75) is 98.3 Å². The van der Waals surface area contributed by atoms with E-state index in [-0.39, 0.29) is 25.0 Å². The first kappa shape index (κ1) is 48.2. The molecule has 3 aromatic rings. The van der Waals surface area contributed by atoms with E-state index in [1.807, 2.05) is 36.1 Å². The van der Waals surface area contributed by atoms with Gasteiger partial charge in [0.25, 0.3) is 5.91 Å². The number of para-hydroxylation sites is 2. The fourth-order valence-corrected chi connectivity index (χ4v) is 6.57. The topological polar surface area (TPSA) is 139 Å². The number of methoxy groups -OCH3 is 1. The molecular formula is C47H67N5O9. The van der Waals surface area contributed by atoms with E-state index in [4.69, 9.17) is 23.7 Å². The molecule has 1 aliphatic rings. The van der Waals surface area contributed by atoms with Gasteiger partial charge in [-0.3, -0.25) is 14.5 Å². The summed E-state index contributed by atoms with van der Waals surface area (Å²) < 4.78 is 29.3. The number of carbonyl (C=O) groups is 4. The van der Waals surface area contributed by atoms with Crippen LogP contribution in [0.25, 0.3) is 0 Å². The predicted octanol–water partition coefficient (Wildman–Crippen LogP) is 8.23. The van der Waals surface area contributed by atoms with Crippen LogP contribution in [0.15, 0.2) is 60.7 Å². The Balaban J connectivity index is 1.43. The summed E-state index contributed by atoms with van der Waals surface area (Å²) in [6.45, 7) is 17.3. The van der Waals surface area contributed by atoms with Crippen LogP contribution in [0, 0.1) is 6.92 Å². The van der Waals surface area contributed by atoms with Crippen molar-refractivity contribution in [2.75, 3.05) is 76.9 Å². The maximum absolute atomic E-state index is 14.0. The molecule has 1 saturated heterocycles. The number of piperazine rings is 1. The Labute approximate surface area is 362 Å². The maximum atomic E-state index is 14.0. The Bertz CT molecular complexity index is 1930. The van der Waals surface area contributed by atoms with E-state index in [0.29, 0.717) is 65.7 Å². The van der Waals surface area contributed by atoms with Gasteiger partial charge in [0.05, 0.1) is 38.2 Å². The SMILES string of the molecule is COc1cc(C(=O)N(C)c2ccc(C)cc2OCCCCCC(=O)N2CCN(C)CC2)ccc1CN(C(=O)OC(C)(C)C)c1ccccc1OCCCNC(=O)OC(C)(C)C. The zero-order valence-corrected chi connectivity index (χ0v) is 37.9. The summed E-state index contributed by atoms with van der Waals surface area (Å²) in [5.74, 6) is 1.40. The Morgan fingerprint density at radius 3 is 2.10 bits per heavy atom. The van der Waals surface area contributed by atoms with E-state index in [1.165, 1.54) is 12.0 Å². The summed E-state index contributed by atoms with van der Waals surface area (Å²) in [7, 11) is 5.30. The lowest BCUT2D eigenvalue weighted by atomic mass is 10.1. The van der Waals surface area contributed by atoms with Crippen molar-refractivity contribution in [3.05, 3.63) is 77.4 Å². The van der Waals surface area contributed by atoms with Gasteiger partial charge in [-0.15, -0.1) is 0 Å². The molecule has 14 heteroatoms. The van der Waals surface area contributed by atoms with Crippen molar-refractivity contribution < 1.29 is 42.9 Å². The quantitative estimate of drug-likeness (QED) is 0.125. The molecule has 0 aliphatic carbocycles. The molecule has 0 atom stereocenters. The van der Waals surface area contributed by atoms with Crippen LogP contribution >= 0.6 is 0 Å². The highest BCUT2D eigenvalue weighted by Crippen LogP contribution is 2.34. The van der Waals surface area contributed by atoms with Gasteiger partial charge in [-0.2, -0.15) is 0 Å². The number of ether oxygens (including phenoxy) is 5. The second-order valence-electron chi connectivity index (χ2n) is 17.4. The zero-order valence-electron chi connectivity index (χ0n) is 37.9. The highest BCUT2D eigenvalue weighted by Gasteiger charge is 2.28. The number of rotatable bonds is 18. The molecule has 334 valence electrons. The highest BCUT2D eigenvalue weighted by atomic mass is 16.6. The largest absolute Gasteiger partial charge is 0.496 e. The fourth-order valence-electron chi connectivity index (χ4n) is 6.57. The molecule has 0 aromatic heterocycles. The van der Waals surface area contributed by atoms with Crippen molar-refractivity contribution in [1.29, 1.82) is 0 Å². The van der Waals surface area contributed by atoms with E-state index in [9.17, 15) is 19.2 Å². The van der Waals surface area contributed by atoms with Gasteiger partial charge in [-0.1, -0.05) is 24.3 Å². The third-order valence-electron chi connectivity index (χ3n) is 9.81. The number of likely N-dealkylation sites (N-methyl/N-ethyl adjacent to an activating group) is 1. The number of aryl methyl sites for hydroxylation is 1.